The number of ether oxygens (including phenoxy) is 1. The molecule has 2 rings (SSSR count). The third-order valence-electron chi connectivity index (χ3n) is 2.78. The molecule has 102 valence electrons. The van der Waals surface area contributed by atoms with Gasteiger partial charge in [-0.3, -0.25) is 20.2 Å². The normalized spacial score (nSPS) is 15.8. The van der Waals surface area contributed by atoms with E-state index in [-0.39, 0.29) is 18.3 Å². The maximum atomic E-state index is 11.0. The third-order valence-corrected chi connectivity index (χ3v) is 2.78. The van der Waals surface area contributed by atoms with E-state index in [0.717, 1.165) is 12.8 Å². The molecule has 0 heterocycles. The summed E-state index contributed by atoms with van der Waals surface area (Å²) in [7, 11) is 0. The molecule has 0 aromatic heterocycles. The van der Waals surface area contributed by atoms with Gasteiger partial charge in [-0.15, -0.1) is 0 Å². The molecule has 0 radical (unpaired) electrons. The van der Waals surface area contributed by atoms with E-state index in [1.54, 1.807) is 0 Å². The first-order valence-electron chi connectivity index (χ1n) is 5.92. The average molecular weight is 266 g/mol. The van der Waals surface area contributed by atoms with Crippen LogP contribution in [-0.4, -0.2) is 34.7 Å². The van der Waals surface area contributed by atoms with E-state index in [4.69, 9.17) is 9.84 Å². The number of nitro groups is 1. The minimum Gasteiger partial charge on any atom is -0.491 e. The lowest BCUT2D eigenvalue weighted by atomic mass is 10.3. The second-order valence-electron chi connectivity index (χ2n) is 4.39. The van der Waals surface area contributed by atoms with Gasteiger partial charge >= 0.3 is 5.97 Å². The number of aliphatic carboxylic acids is 1. The molecular weight excluding hydrogens is 252 g/mol. The minimum absolute atomic E-state index is 0.0103. The highest BCUT2D eigenvalue weighted by atomic mass is 16.6. The van der Waals surface area contributed by atoms with Gasteiger partial charge in [-0.25, -0.2) is 0 Å². The van der Waals surface area contributed by atoms with Crippen molar-refractivity contribution < 1.29 is 19.6 Å². The molecule has 7 heteroatoms. The van der Waals surface area contributed by atoms with Crippen LogP contribution < -0.4 is 10.1 Å². The summed E-state index contributed by atoms with van der Waals surface area (Å²) >= 11 is 0. The Morgan fingerprint density at radius 3 is 2.58 bits per heavy atom. The van der Waals surface area contributed by atoms with Gasteiger partial charge in [0, 0.05) is 18.2 Å². The van der Waals surface area contributed by atoms with Gasteiger partial charge in [0.1, 0.15) is 18.4 Å². The molecule has 1 atom stereocenters. The lowest BCUT2D eigenvalue weighted by Gasteiger charge is -2.14. The number of hydrogen-bond acceptors (Lipinski definition) is 5. The zero-order valence-corrected chi connectivity index (χ0v) is 10.1. The Morgan fingerprint density at radius 2 is 2.11 bits per heavy atom. The van der Waals surface area contributed by atoms with Gasteiger partial charge < -0.3 is 9.84 Å². The van der Waals surface area contributed by atoms with Crippen molar-refractivity contribution in [1.82, 2.24) is 5.32 Å². The number of hydrogen-bond donors (Lipinski definition) is 2. The van der Waals surface area contributed by atoms with Crippen LogP contribution in [-0.2, 0) is 4.79 Å². The molecule has 1 aliphatic rings. The number of nitrogens with one attached hydrogen (secondary N) is 1. The molecule has 1 fully saturated rings. The summed E-state index contributed by atoms with van der Waals surface area (Å²) in [6.07, 6.45) is 1.97. The maximum absolute atomic E-state index is 11.0. The average Bonchev–Trinajstić information content (AvgIpc) is 3.18. The van der Waals surface area contributed by atoms with Gasteiger partial charge in [0.15, 0.2) is 0 Å². The molecule has 0 saturated heterocycles. The molecule has 1 aromatic carbocycles. The quantitative estimate of drug-likeness (QED) is 0.567. The topological polar surface area (TPSA) is 102 Å². The van der Waals surface area contributed by atoms with Crippen LogP contribution in [0.4, 0.5) is 5.69 Å². The first-order chi connectivity index (χ1) is 9.06. The Balaban J connectivity index is 1.88. The summed E-state index contributed by atoms with van der Waals surface area (Å²) in [5, 5.41) is 22.4. The van der Waals surface area contributed by atoms with Crippen molar-refractivity contribution in [2.75, 3.05) is 6.61 Å². The number of nitrogens with zero attached hydrogens (tertiary/aromatic N) is 1. The van der Waals surface area contributed by atoms with Gasteiger partial charge in [-0.2, -0.15) is 0 Å². The molecule has 0 amide bonds. The van der Waals surface area contributed by atoms with Gasteiger partial charge in [-0.05, 0) is 25.0 Å². The molecule has 0 aliphatic heterocycles. The van der Waals surface area contributed by atoms with E-state index >= 15 is 0 Å². The summed E-state index contributed by atoms with van der Waals surface area (Å²) in [5.74, 6) is -0.553. The molecule has 0 bridgehead atoms. The van der Waals surface area contributed by atoms with Gasteiger partial charge in [0.25, 0.3) is 5.69 Å². The molecule has 1 aliphatic carbocycles. The van der Waals surface area contributed by atoms with Gasteiger partial charge in [0.2, 0.25) is 0 Å². The lowest BCUT2D eigenvalue weighted by Crippen LogP contribution is -2.42. The van der Waals surface area contributed by atoms with E-state index in [9.17, 15) is 14.9 Å². The number of carboxylic acid groups (broad SMARTS) is 1. The highest BCUT2D eigenvalue weighted by Gasteiger charge is 2.28. The Hall–Kier alpha value is -2.15. The highest BCUT2D eigenvalue weighted by Crippen LogP contribution is 2.20. The second-order valence-corrected chi connectivity index (χ2v) is 4.39. The van der Waals surface area contributed by atoms with Crippen LogP contribution in [0.2, 0.25) is 0 Å². The summed E-state index contributed by atoms with van der Waals surface area (Å²) in [4.78, 5) is 21.0. The fraction of sp³-hybridized carbons (Fsp3) is 0.417. The minimum atomic E-state index is -0.964. The number of benzene rings is 1. The van der Waals surface area contributed by atoms with Crippen molar-refractivity contribution in [2.45, 2.75) is 24.9 Å². The summed E-state index contributed by atoms with van der Waals surface area (Å²) in [5.41, 5.74) is -0.0294. The van der Waals surface area contributed by atoms with Crippen molar-refractivity contribution in [3.8, 4) is 5.75 Å². The first kappa shape index (κ1) is 13.3. The van der Waals surface area contributed by atoms with Crippen molar-refractivity contribution in [1.29, 1.82) is 0 Å². The molecule has 2 N–H and O–H groups in total. The van der Waals surface area contributed by atoms with E-state index in [0.29, 0.717) is 5.75 Å². The Labute approximate surface area is 109 Å². The molecule has 19 heavy (non-hydrogen) atoms. The number of rotatable bonds is 7. The predicted octanol–water partition coefficient (Wildman–Crippen LogP) is 1.18. The van der Waals surface area contributed by atoms with E-state index in [1.807, 2.05) is 0 Å². The lowest BCUT2D eigenvalue weighted by molar-refractivity contribution is -0.384. The van der Waals surface area contributed by atoms with Crippen molar-refractivity contribution in [3.63, 3.8) is 0 Å². The fourth-order valence-corrected chi connectivity index (χ4v) is 1.57. The van der Waals surface area contributed by atoms with Crippen molar-refractivity contribution >= 4 is 11.7 Å². The standard InChI is InChI=1S/C12H14N2O5/c15-12(16)11(13-8-1-2-8)7-19-10-5-3-9(4-6-10)14(17)18/h3-6,8,11,13H,1-2,7H2,(H,15,16). The van der Waals surface area contributed by atoms with E-state index < -0.39 is 16.9 Å². The largest absolute Gasteiger partial charge is 0.491 e. The first-order valence-corrected chi connectivity index (χ1v) is 5.92. The Kier molecular flexibility index (Phi) is 3.96. The number of carbonyl (C=O) groups is 1. The monoisotopic (exact) mass is 266 g/mol. The number of non-ortho nitro benzene ring substituents is 1. The molecule has 0 spiro atoms. The summed E-state index contributed by atoms with van der Waals surface area (Å²) in [6.45, 7) is -0.0103. The zero-order valence-electron chi connectivity index (χ0n) is 10.1. The van der Waals surface area contributed by atoms with Gasteiger partial charge in [-0.1, -0.05) is 0 Å². The van der Waals surface area contributed by atoms with Crippen LogP contribution in [0.1, 0.15) is 12.8 Å². The van der Waals surface area contributed by atoms with Crippen LogP contribution in [0.25, 0.3) is 0 Å². The van der Waals surface area contributed by atoms with Crippen LogP contribution in [0.5, 0.6) is 5.75 Å². The van der Waals surface area contributed by atoms with Crippen LogP contribution in [0, 0.1) is 10.1 Å². The van der Waals surface area contributed by atoms with Gasteiger partial charge in [0.05, 0.1) is 4.92 Å². The van der Waals surface area contributed by atoms with Crippen molar-refractivity contribution in [2.24, 2.45) is 0 Å². The summed E-state index contributed by atoms with van der Waals surface area (Å²) in [6, 6.07) is 5.05. The third kappa shape index (κ3) is 3.92. The zero-order chi connectivity index (χ0) is 13.8. The van der Waals surface area contributed by atoms with Crippen molar-refractivity contribution in [3.05, 3.63) is 34.4 Å². The predicted molar refractivity (Wildman–Crippen MR) is 66.2 cm³/mol. The molecule has 1 aromatic rings. The molecule has 1 unspecified atom stereocenters. The maximum Gasteiger partial charge on any atom is 0.324 e. The number of carboxylic acids is 1. The van der Waals surface area contributed by atoms with Crippen LogP contribution in [0.15, 0.2) is 24.3 Å². The van der Waals surface area contributed by atoms with Crippen LogP contribution in [0.3, 0.4) is 0 Å². The molecule has 1 saturated carbocycles. The van der Waals surface area contributed by atoms with Crippen LogP contribution >= 0.6 is 0 Å². The van der Waals surface area contributed by atoms with E-state index in [1.165, 1.54) is 24.3 Å². The van der Waals surface area contributed by atoms with E-state index in [2.05, 4.69) is 5.32 Å². The fourth-order valence-electron chi connectivity index (χ4n) is 1.57. The SMILES string of the molecule is O=C(O)C(COc1ccc([N+](=O)[O-])cc1)NC1CC1. The second kappa shape index (κ2) is 5.66. The Bertz CT molecular complexity index is 470. The molecule has 7 nitrogen and oxygen atoms in total. The smallest absolute Gasteiger partial charge is 0.324 e. The summed E-state index contributed by atoms with van der Waals surface area (Å²) < 4.78 is 5.33. The highest BCUT2D eigenvalue weighted by molar-refractivity contribution is 5.73. The Morgan fingerprint density at radius 1 is 1.47 bits per heavy atom. The molecular formula is C12H14N2O5. The number of nitro benzene ring substituents is 1.